The summed E-state index contributed by atoms with van der Waals surface area (Å²) in [6, 6.07) is 11.5. The summed E-state index contributed by atoms with van der Waals surface area (Å²) in [4.78, 5) is 2.71. The first-order valence-corrected chi connectivity index (χ1v) is 8.36. The van der Waals surface area contributed by atoms with Crippen molar-refractivity contribution in [2.24, 2.45) is 5.73 Å². The van der Waals surface area contributed by atoms with E-state index in [1.807, 2.05) is 0 Å². The molecule has 2 unspecified atom stereocenters. The average molecular weight is 274 g/mol. The summed E-state index contributed by atoms with van der Waals surface area (Å²) in [5, 5.41) is 0. The topological polar surface area (TPSA) is 29.3 Å². The van der Waals surface area contributed by atoms with E-state index in [0.717, 1.165) is 12.5 Å². The molecule has 112 valence electrons. The van der Waals surface area contributed by atoms with Gasteiger partial charge in [0.1, 0.15) is 0 Å². The summed E-state index contributed by atoms with van der Waals surface area (Å²) >= 11 is 0. The van der Waals surface area contributed by atoms with Crippen LogP contribution in [0.4, 0.5) is 0 Å². The van der Waals surface area contributed by atoms with Gasteiger partial charge >= 0.3 is 0 Å². The van der Waals surface area contributed by atoms with E-state index in [2.05, 4.69) is 42.2 Å². The van der Waals surface area contributed by atoms with E-state index in [1.165, 1.54) is 57.2 Å². The predicted molar refractivity (Wildman–Crippen MR) is 86.7 cm³/mol. The number of nitrogens with two attached hydrogens (primary N) is 1. The fraction of sp³-hybridized carbons (Fsp3) is 0.667. The SMILES string of the molecule is CCC1CCCCCN1CCCC(N)c1ccccc1. The molecule has 20 heavy (non-hydrogen) atoms. The average Bonchev–Trinajstić information content (AvgIpc) is 2.73. The fourth-order valence-electron chi connectivity index (χ4n) is 3.37. The van der Waals surface area contributed by atoms with Gasteiger partial charge in [-0.2, -0.15) is 0 Å². The van der Waals surface area contributed by atoms with Gasteiger partial charge in [0.05, 0.1) is 0 Å². The van der Waals surface area contributed by atoms with Crippen molar-refractivity contribution in [1.29, 1.82) is 0 Å². The number of benzene rings is 1. The fourth-order valence-corrected chi connectivity index (χ4v) is 3.37. The number of likely N-dealkylation sites (tertiary alicyclic amines) is 1. The largest absolute Gasteiger partial charge is 0.324 e. The van der Waals surface area contributed by atoms with E-state index < -0.39 is 0 Å². The maximum absolute atomic E-state index is 6.29. The third-order valence-electron chi connectivity index (χ3n) is 4.66. The minimum Gasteiger partial charge on any atom is -0.324 e. The van der Waals surface area contributed by atoms with Gasteiger partial charge in [0.2, 0.25) is 0 Å². The highest BCUT2D eigenvalue weighted by atomic mass is 15.1. The van der Waals surface area contributed by atoms with Crippen molar-refractivity contribution >= 4 is 0 Å². The van der Waals surface area contributed by atoms with Crippen LogP contribution in [-0.4, -0.2) is 24.0 Å². The summed E-state index contributed by atoms with van der Waals surface area (Å²) in [5.74, 6) is 0. The van der Waals surface area contributed by atoms with Gasteiger partial charge in [0.15, 0.2) is 0 Å². The van der Waals surface area contributed by atoms with Gasteiger partial charge in [-0.15, -0.1) is 0 Å². The Balaban J connectivity index is 1.76. The van der Waals surface area contributed by atoms with Crippen LogP contribution < -0.4 is 5.73 Å². The zero-order valence-corrected chi connectivity index (χ0v) is 12.9. The molecule has 1 saturated heterocycles. The van der Waals surface area contributed by atoms with Crippen molar-refractivity contribution in [2.45, 2.75) is 64.0 Å². The van der Waals surface area contributed by atoms with E-state index in [9.17, 15) is 0 Å². The summed E-state index contributed by atoms with van der Waals surface area (Å²) in [7, 11) is 0. The van der Waals surface area contributed by atoms with Crippen molar-refractivity contribution in [2.75, 3.05) is 13.1 Å². The zero-order chi connectivity index (χ0) is 14.2. The molecule has 1 aromatic rings. The molecule has 0 aromatic heterocycles. The molecule has 0 amide bonds. The molecule has 2 heteroatoms. The quantitative estimate of drug-likeness (QED) is 0.845. The van der Waals surface area contributed by atoms with Gasteiger partial charge in [-0.3, -0.25) is 0 Å². The van der Waals surface area contributed by atoms with E-state index in [1.54, 1.807) is 0 Å². The Morgan fingerprint density at radius 1 is 1.20 bits per heavy atom. The molecule has 1 aliphatic rings. The molecule has 1 aliphatic heterocycles. The molecule has 0 spiro atoms. The number of nitrogens with zero attached hydrogens (tertiary/aromatic N) is 1. The minimum absolute atomic E-state index is 0.197. The zero-order valence-electron chi connectivity index (χ0n) is 12.9. The molecule has 1 heterocycles. The van der Waals surface area contributed by atoms with Crippen LogP contribution in [0.5, 0.6) is 0 Å². The molecule has 2 N–H and O–H groups in total. The summed E-state index contributed by atoms with van der Waals surface area (Å²) in [5.41, 5.74) is 7.56. The van der Waals surface area contributed by atoms with Crippen molar-refractivity contribution < 1.29 is 0 Å². The maximum Gasteiger partial charge on any atom is 0.0295 e. The Morgan fingerprint density at radius 3 is 2.75 bits per heavy atom. The van der Waals surface area contributed by atoms with Crippen LogP contribution in [0.3, 0.4) is 0 Å². The normalized spacial score (nSPS) is 22.4. The van der Waals surface area contributed by atoms with E-state index >= 15 is 0 Å². The van der Waals surface area contributed by atoms with Crippen molar-refractivity contribution in [3.63, 3.8) is 0 Å². The highest BCUT2D eigenvalue weighted by Crippen LogP contribution is 2.21. The smallest absolute Gasteiger partial charge is 0.0295 e. The number of hydrogen-bond donors (Lipinski definition) is 1. The van der Waals surface area contributed by atoms with Crippen LogP contribution in [-0.2, 0) is 0 Å². The Labute approximate surface area is 124 Å². The van der Waals surface area contributed by atoms with Gasteiger partial charge in [-0.05, 0) is 50.8 Å². The molecule has 0 bridgehead atoms. The molecule has 2 atom stereocenters. The van der Waals surface area contributed by atoms with Crippen molar-refractivity contribution in [1.82, 2.24) is 4.90 Å². The molecule has 1 aromatic carbocycles. The monoisotopic (exact) mass is 274 g/mol. The third-order valence-corrected chi connectivity index (χ3v) is 4.66. The van der Waals surface area contributed by atoms with Crippen LogP contribution in [0, 0.1) is 0 Å². The first-order chi connectivity index (χ1) is 9.81. The van der Waals surface area contributed by atoms with Gasteiger partial charge in [0, 0.05) is 12.1 Å². The molecule has 0 saturated carbocycles. The lowest BCUT2D eigenvalue weighted by atomic mass is 10.0. The number of rotatable bonds is 6. The molecule has 2 nitrogen and oxygen atoms in total. The Hall–Kier alpha value is -0.860. The second-order valence-corrected chi connectivity index (χ2v) is 6.11. The lowest BCUT2D eigenvalue weighted by Crippen LogP contribution is -2.35. The molecule has 0 radical (unpaired) electrons. The molecular formula is C18H30N2. The van der Waals surface area contributed by atoms with Gasteiger partial charge in [0.25, 0.3) is 0 Å². The second-order valence-electron chi connectivity index (χ2n) is 6.11. The Kier molecular flexibility index (Phi) is 6.55. The predicted octanol–water partition coefficient (Wildman–Crippen LogP) is 4.12. The van der Waals surface area contributed by atoms with Crippen LogP contribution in [0.25, 0.3) is 0 Å². The molecular weight excluding hydrogens is 244 g/mol. The first-order valence-electron chi connectivity index (χ1n) is 8.36. The van der Waals surface area contributed by atoms with Crippen molar-refractivity contribution in [3.05, 3.63) is 35.9 Å². The lowest BCUT2D eigenvalue weighted by molar-refractivity contribution is 0.189. The Morgan fingerprint density at radius 2 is 2.00 bits per heavy atom. The van der Waals surface area contributed by atoms with E-state index in [4.69, 9.17) is 5.73 Å². The lowest BCUT2D eigenvalue weighted by Gasteiger charge is -2.29. The van der Waals surface area contributed by atoms with Crippen molar-refractivity contribution in [3.8, 4) is 0 Å². The highest BCUT2D eigenvalue weighted by Gasteiger charge is 2.19. The second kappa shape index (κ2) is 8.43. The highest BCUT2D eigenvalue weighted by molar-refractivity contribution is 5.18. The standard InChI is InChI=1S/C18H30N2/c1-2-17-12-7-4-8-14-20(17)15-9-13-18(19)16-10-5-3-6-11-16/h3,5-6,10-11,17-18H,2,4,7-9,12-15,19H2,1H3. The summed E-state index contributed by atoms with van der Waals surface area (Å²) < 4.78 is 0. The summed E-state index contributed by atoms with van der Waals surface area (Å²) in [6.07, 6.45) is 9.20. The summed E-state index contributed by atoms with van der Waals surface area (Å²) in [6.45, 7) is 4.84. The van der Waals surface area contributed by atoms with Crippen LogP contribution in [0.15, 0.2) is 30.3 Å². The van der Waals surface area contributed by atoms with E-state index in [0.29, 0.717) is 0 Å². The minimum atomic E-state index is 0.197. The van der Waals surface area contributed by atoms with Gasteiger partial charge in [-0.1, -0.05) is 50.1 Å². The third kappa shape index (κ3) is 4.60. The molecule has 0 aliphatic carbocycles. The van der Waals surface area contributed by atoms with Crippen LogP contribution >= 0.6 is 0 Å². The molecule has 2 rings (SSSR count). The van der Waals surface area contributed by atoms with Gasteiger partial charge < -0.3 is 10.6 Å². The van der Waals surface area contributed by atoms with E-state index in [-0.39, 0.29) is 6.04 Å². The molecule has 1 fully saturated rings. The van der Waals surface area contributed by atoms with Crippen LogP contribution in [0.1, 0.15) is 63.5 Å². The van der Waals surface area contributed by atoms with Crippen LogP contribution in [0.2, 0.25) is 0 Å². The van der Waals surface area contributed by atoms with Gasteiger partial charge in [-0.25, -0.2) is 0 Å². The number of hydrogen-bond acceptors (Lipinski definition) is 2. The first kappa shape index (κ1) is 15.5. The maximum atomic E-state index is 6.29. The Bertz CT molecular complexity index is 363.